The van der Waals surface area contributed by atoms with Gasteiger partial charge in [0.25, 0.3) is 0 Å². The van der Waals surface area contributed by atoms with Crippen LogP contribution in [0.2, 0.25) is 0 Å². The maximum atomic E-state index is 8.60. The van der Waals surface area contributed by atoms with Crippen molar-refractivity contribution < 1.29 is 0 Å². The highest BCUT2D eigenvalue weighted by atomic mass is 32.2. The second kappa shape index (κ2) is 7.85. The molecule has 0 aliphatic carbocycles. The van der Waals surface area contributed by atoms with Gasteiger partial charge in [-0.25, -0.2) is 0 Å². The summed E-state index contributed by atoms with van der Waals surface area (Å²) in [6, 6.07) is 10.6. The lowest BCUT2D eigenvalue weighted by Crippen LogP contribution is -2.21. The number of hydrogen-bond donors (Lipinski definition) is 0. The summed E-state index contributed by atoms with van der Waals surface area (Å²) in [5, 5.41) is 17.9. The second-order valence-electron chi connectivity index (χ2n) is 4.84. The Bertz CT molecular complexity index is 638. The summed E-state index contributed by atoms with van der Waals surface area (Å²) in [5.41, 5.74) is 2.28. The van der Waals surface area contributed by atoms with E-state index in [1.807, 2.05) is 11.6 Å². The average molecular weight is 315 g/mol. The predicted molar refractivity (Wildman–Crippen MR) is 91.0 cm³/mol. The van der Waals surface area contributed by atoms with Gasteiger partial charge in [-0.3, -0.25) is 0 Å². The Labute approximate surface area is 136 Å². The van der Waals surface area contributed by atoms with E-state index >= 15 is 0 Å². The van der Waals surface area contributed by atoms with E-state index in [1.54, 1.807) is 11.8 Å². The van der Waals surface area contributed by atoms with Gasteiger partial charge in [-0.2, -0.15) is 5.26 Å². The Morgan fingerprint density at radius 3 is 2.45 bits per heavy atom. The minimum atomic E-state index is 0.519. The van der Waals surface area contributed by atoms with Crippen molar-refractivity contribution in [3.8, 4) is 17.5 Å². The molecular formula is C16H21N5S. The molecule has 0 saturated heterocycles. The molecule has 6 heteroatoms. The molecule has 5 nitrogen and oxygen atoms in total. The first-order valence-corrected chi connectivity index (χ1v) is 8.44. The average Bonchev–Trinajstić information content (AvgIpc) is 2.91. The maximum Gasteiger partial charge on any atom is 0.191 e. The van der Waals surface area contributed by atoms with Gasteiger partial charge in [0.15, 0.2) is 11.0 Å². The molecule has 1 aromatic carbocycles. The zero-order valence-electron chi connectivity index (χ0n) is 13.3. The molecule has 0 aliphatic rings. The summed E-state index contributed by atoms with van der Waals surface area (Å²) in [7, 11) is 1.96. The number of nitriles is 1. The van der Waals surface area contributed by atoms with E-state index in [1.165, 1.54) is 5.69 Å². The van der Waals surface area contributed by atoms with Crippen LogP contribution in [0.25, 0.3) is 11.4 Å². The number of hydrogen-bond acceptors (Lipinski definition) is 5. The van der Waals surface area contributed by atoms with Crippen LogP contribution >= 0.6 is 11.8 Å². The summed E-state index contributed by atoms with van der Waals surface area (Å²) in [6.45, 7) is 6.31. The number of aromatic nitrogens is 3. The summed E-state index contributed by atoms with van der Waals surface area (Å²) in [4.78, 5) is 2.31. The van der Waals surface area contributed by atoms with Gasteiger partial charge in [0, 0.05) is 43.6 Å². The van der Waals surface area contributed by atoms with Crippen LogP contribution in [0.3, 0.4) is 0 Å². The monoisotopic (exact) mass is 315 g/mol. The van der Waals surface area contributed by atoms with Crippen molar-refractivity contribution in [2.45, 2.75) is 25.4 Å². The molecule has 1 heterocycles. The van der Waals surface area contributed by atoms with Crippen molar-refractivity contribution in [2.75, 3.05) is 23.7 Å². The molecule has 0 unspecified atom stereocenters. The van der Waals surface area contributed by atoms with E-state index in [-0.39, 0.29) is 0 Å². The van der Waals surface area contributed by atoms with Gasteiger partial charge in [-0.1, -0.05) is 11.8 Å². The first-order valence-electron chi connectivity index (χ1n) is 7.45. The smallest absolute Gasteiger partial charge is 0.191 e. The molecule has 0 fully saturated rings. The first kappa shape index (κ1) is 16.4. The molecule has 0 N–H and O–H groups in total. The van der Waals surface area contributed by atoms with Crippen LogP contribution < -0.4 is 4.90 Å². The highest BCUT2D eigenvalue weighted by Gasteiger charge is 2.11. The third-order valence-corrected chi connectivity index (χ3v) is 4.56. The van der Waals surface area contributed by atoms with E-state index < -0.39 is 0 Å². The van der Waals surface area contributed by atoms with Crippen molar-refractivity contribution in [1.29, 1.82) is 5.26 Å². The molecule has 22 heavy (non-hydrogen) atoms. The molecular weight excluding hydrogens is 294 g/mol. The van der Waals surface area contributed by atoms with Crippen molar-refractivity contribution in [1.82, 2.24) is 14.8 Å². The third-order valence-electron chi connectivity index (χ3n) is 3.53. The highest BCUT2D eigenvalue weighted by Crippen LogP contribution is 2.25. The Kier molecular flexibility index (Phi) is 5.84. The van der Waals surface area contributed by atoms with Gasteiger partial charge < -0.3 is 9.47 Å². The van der Waals surface area contributed by atoms with Crippen molar-refractivity contribution in [3.63, 3.8) is 0 Å². The van der Waals surface area contributed by atoms with E-state index in [2.05, 4.69) is 59.3 Å². The zero-order valence-corrected chi connectivity index (χ0v) is 14.1. The summed E-state index contributed by atoms with van der Waals surface area (Å²) in [5.74, 6) is 1.59. The molecule has 0 radical (unpaired) electrons. The first-order chi connectivity index (χ1) is 10.7. The quantitative estimate of drug-likeness (QED) is 0.579. The van der Waals surface area contributed by atoms with Crippen LogP contribution in [-0.2, 0) is 7.05 Å². The third kappa shape index (κ3) is 3.60. The van der Waals surface area contributed by atoms with Crippen molar-refractivity contribution in [2.24, 2.45) is 7.05 Å². The Morgan fingerprint density at radius 2 is 1.86 bits per heavy atom. The lowest BCUT2D eigenvalue weighted by Gasteiger charge is -2.21. The van der Waals surface area contributed by atoms with Gasteiger partial charge in [-0.15, -0.1) is 10.2 Å². The number of nitrogens with zero attached hydrogens (tertiary/aromatic N) is 5. The van der Waals surface area contributed by atoms with Gasteiger partial charge in [0.1, 0.15) is 0 Å². The van der Waals surface area contributed by atoms with Crippen molar-refractivity contribution in [3.05, 3.63) is 24.3 Å². The number of rotatable bonds is 7. The largest absolute Gasteiger partial charge is 0.372 e. The zero-order chi connectivity index (χ0) is 15.9. The van der Waals surface area contributed by atoms with Crippen LogP contribution in [0, 0.1) is 11.3 Å². The van der Waals surface area contributed by atoms with E-state index in [4.69, 9.17) is 5.26 Å². The number of thioether (sulfide) groups is 1. The Balaban J connectivity index is 2.17. The van der Waals surface area contributed by atoms with E-state index in [0.29, 0.717) is 6.42 Å². The Hall–Kier alpha value is -2.00. The molecule has 2 aromatic rings. The minimum Gasteiger partial charge on any atom is -0.372 e. The molecule has 0 amide bonds. The maximum absolute atomic E-state index is 8.60. The summed E-state index contributed by atoms with van der Waals surface area (Å²) in [6.07, 6.45) is 0.519. The molecule has 0 spiro atoms. The van der Waals surface area contributed by atoms with E-state index in [0.717, 1.165) is 35.4 Å². The van der Waals surface area contributed by atoms with Crippen LogP contribution in [0.1, 0.15) is 20.3 Å². The fourth-order valence-corrected chi connectivity index (χ4v) is 3.04. The SMILES string of the molecule is CCN(CC)c1ccc(-c2nnc(SCCC#N)n2C)cc1. The van der Waals surface area contributed by atoms with Gasteiger partial charge in [-0.05, 0) is 38.1 Å². The van der Waals surface area contributed by atoms with Crippen LogP contribution in [0.5, 0.6) is 0 Å². The molecule has 0 saturated carbocycles. The topological polar surface area (TPSA) is 57.7 Å². The lowest BCUT2D eigenvalue weighted by molar-refractivity contribution is 0.793. The molecule has 2 rings (SSSR count). The fourth-order valence-electron chi connectivity index (χ4n) is 2.29. The molecule has 0 aliphatic heterocycles. The van der Waals surface area contributed by atoms with Gasteiger partial charge >= 0.3 is 0 Å². The highest BCUT2D eigenvalue weighted by molar-refractivity contribution is 7.99. The second-order valence-corrected chi connectivity index (χ2v) is 5.90. The van der Waals surface area contributed by atoms with Crippen LogP contribution in [-0.4, -0.2) is 33.6 Å². The predicted octanol–water partition coefficient (Wildman–Crippen LogP) is 3.33. The summed E-state index contributed by atoms with van der Waals surface area (Å²) < 4.78 is 1.98. The van der Waals surface area contributed by atoms with Crippen LogP contribution in [0.15, 0.2) is 29.4 Å². The molecule has 0 atom stereocenters. The molecule has 116 valence electrons. The fraction of sp³-hybridized carbons (Fsp3) is 0.438. The summed E-state index contributed by atoms with van der Waals surface area (Å²) >= 11 is 1.56. The standard InChI is InChI=1S/C16H21N5S/c1-4-21(5-2)14-9-7-13(8-10-14)15-18-19-16(20(15)3)22-12-6-11-17/h7-10H,4-6,12H2,1-3H3. The molecule has 1 aromatic heterocycles. The van der Waals surface area contributed by atoms with Gasteiger partial charge in [0.05, 0.1) is 6.07 Å². The van der Waals surface area contributed by atoms with Crippen LogP contribution in [0.4, 0.5) is 5.69 Å². The lowest BCUT2D eigenvalue weighted by atomic mass is 10.2. The Morgan fingerprint density at radius 1 is 1.18 bits per heavy atom. The number of anilines is 1. The molecule has 0 bridgehead atoms. The minimum absolute atomic E-state index is 0.519. The van der Waals surface area contributed by atoms with Gasteiger partial charge in [0.2, 0.25) is 0 Å². The number of benzene rings is 1. The van der Waals surface area contributed by atoms with Crippen molar-refractivity contribution >= 4 is 17.4 Å². The normalized spacial score (nSPS) is 10.5. The van der Waals surface area contributed by atoms with E-state index in [9.17, 15) is 0 Å².